The van der Waals surface area contributed by atoms with Crippen LogP contribution >= 0.6 is 25.3 Å². The fraction of sp³-hybridized carbons (Fsp3) is 0.143. The van der Waals surface area contributed by atoms with Gasteiger partial charge in [0.15, 0.2) is 0 Å². The fourth-order valence-corrected chi connectivity index (χ4v) is 1.32. The highest BCUT2D eigenvalue weighted by molar-refractivity contribution is 7.80. The molecule has 0 spiro atoms. The summed E-state index contributed by atoms with van der Waals surface area (Å²) in [4.78, 5) is 10.6. The maximum Gasteiger partial charge on any atom is 0.274 e. The highest BCUT2D eigenvalue weighted by Crippen LogP contribution is 2.23. The first-order valence-electron chi connectivity index (χ1n) is 3.22. The van der Waals surface area contributed by atoms with Gasteiger partial charge in [0, 0.05) is 22.3 Å². The van der Waals surface area contributed by atoms with Crippen molar-refractivity contribution >= 4 is 30.9 Å². The van der Waals surface area contributed by atoms with Crippen LogP contribution in [-0.4, -0.2) is 4.92 Å². The minimum Gasteiger partial charge on any atom is -0.258 e. The molecular formula is C7H7NO2S2. The lowest BCUT2D eigenvalue weighted by atomic mass is 10.2. The summed E-state index contributed by atoms with van der Waals surface area (Å²) in [5, 5.41) is 10.5. The Hall–Kier alpha value is -0.680. The number of benzene rings is 1. The molecule has 0 radical (unpaired) electrons. The van der Waals surface area contributed by atoms with Crippen molar-refractivity contribution in [3.05, 3.63) is 33.9 Å². The first kappa shape index (κ1) is 9.41. The summed E-state index contributed by atoms with van der Waals surface area (Å²) in [6, 6.07) is 4.80. The summed E-state index contributed by atoms with van der Waals surface area (Å²) in [5.74, 6) is 0.365. The van der Waals surface area contributed by atoms with E-state index in [9.17, 15) is 10.1 Å². The molecule has 5 heteroatoms. The third kappa shape index (κ3) is 1.92. The molecule has 0 aliphatic rings. The predicted molar refractivity (Wildman–Crippen MR) is 53.0 cm³/mol. The van der Waals surface area contributed by atoms with E-state index in [4.69, 9.17) is 0 Å². The Bertz CT molecular complexity index is 314. The second kappa shape index (κ2) is 3.82. The third-order valence-corrected chi connectivity index (χ3v) is 2.05. The van der Waals surface area contributed by atoms with E-state index in [1.54, 1.807) is 12.1 Å². The van der Waals surface area contributed by atoms with Crippen LogP contribution in [-0.2, 0) is 5.75 Å². The third-order valence-electron chi connectivity index (χ3n) is 1.44. The van der Waals surface area contributed by atoms with Gasteiger partial charge in [-0.25, -0.2) is 0 Å². The standard InChI is InChI=1S/C7H7NO2S2/c9-8(10)7-3-6(12)2-1-5(7)4-11/h1-3,11-12H,4H2. The van der Waals surface area contributed by atoms with E-state index >= 15 is 0 Å². The van der Waals surface area contributed by atoms with Gasteiger partial charge < -0.3 is 0 Å². The van der Waals surface area contributed by atoms with Gasteiger partial charge in [-0.2, -0.15) is 12.6 Å². The van der Waals surface area contributed by atoms with Crippen LogP contribution in [0.5, 0.6) is 0 Å². The molecule has 1 aromatic rings. The summed E-state index contributed by atoms with van der Waals surface area (Å²) >= 11 is 7.98. The van der Waals surface area contributed by atoms with Crippen molar-refractivity contribution in [1.29, 1.82) is 0 Å². The molecule has 3 nitrogen and oxygen atoms in total. The molecule has 0 fully saturated rings. The lowest BCUT2D eigenvalue weighted by Gasteiger charge is -1.98. The van der Waals surface area contributed by atoms with E-state index < -0.39 is 4.92 Å². The lowest BCUT2D eigenvalue weighted by Crippen LogP contribution is -1.93. The first-order valence-corrected chi connectivity index (χ1v) is 4.30. The molecule has 0 aliphatic heterocycles. The Morgan fingerprint density at radius 3 is 2.67 bits per heavy atom. The minimum atomic E-state index is -0.425. The van der Waals surface area contributed by atoms with E-state index in [0.717, 1.165) is 0 Å². The second-order valence-electron chi connectivity index (χ2n) is 2.23. The number of rotatable bonds is 2. The molecule has 0 bridgehead atoms. The molecule has 0 saturated heterocycles. The van der Waals surface area contributed by atoms with E-state index in [1.807, 2.05) is 0 Å². The molecule has 12 heavy (non-hydrogen) atoms. The zero-order valence-electron chi connectivity index (χ0n) is 6.10. The number of thiol groups is 2. The van der Waals surface area contributed by atoms with Crippen LogP contribution in [0, 0.1) is 10.1 Å². The summed E-state index contributed by atoms with van der Waals surface area (Å²) in [6.45, 7) is 0. The highest BCUT2D eigenvalue weighted by atomic mass is 32.1. The van der Waals surface area contributed by atoms with E-state index in [2.05, 4.69) is 25.3 Å². The summed E-state index contributed by atoms with van der Waals surface area (Å²) in [7, 11) is 0. The first-order chi connectivity index (χ1) is 5.65. The number of hydrogen-bond donors (Lipinski definition) is 2. The zero-order chi connectivity index (χ0) is 9.14. The molecule has 0 unspecified atom stereocenters. The molecule has 0 atom stereocenters. The van der Waals surface area contributed by atoms with Gasteiger partial charge in [0.25, 0.3) is 5.69 Å². The number of nitro benzene ring substituents is 1. The predicted octanol–water partition coefficient (Wildman–Crippen LogP) is 2.31. The quantitative estimate of drug-likeness (QED) is 0.438. The molecule has 1 aromatic carbocycles. The van der Waals surface area contributed by atoms with Gasteiger partial charge in [0.2, 0.25) is 0 Å². The summed E-state index contributed by atoms with van der Waals surface area (Å²) in [5.41, 5.74) is 0.693. The molecule has 1 rings (SSSR count). The van der Waals surface area contributed by atoms with Gasteiger partial charge in [0.1, 0.15) is 0 Å². The van der Waals surface area contributed by atoms with Gasteiger partial charge in [-0.05, 0) is 6.07 Å². The van der Waals surface area contributed by atoms with Crippen LogP contribution in [0.1, 0.15) is 5.56 Å². The van der Waals surface area contributed by atoms with Crippen molar-refractivity contribution in [2.75, 3.05) is 0 Å². The summed E-state index contributed by atoms with van der Waals surface area (Å²) < 4.78 is 0. The molecule has 0 heterocycles. The van der Waals surface area contributed by atoms with Crippen LogP contribution in [0.4, 0.5) is 5.69 Å². The Kier molecular flexibility index (Phi) is 2.99. The molecule has 0 N–H and O–H groups in total. The maximum absolute atomic E-state index is 10.5. The van der Waals surface area contributed by atoms with Gasteiger partial charge >= 0.3 is 0 Å². The van der Waals surface area contributed by atoms with Crippen LogP contribution in [0.15, 0.2) is 23.1 Å². The molecule has 0 aromatic heterocycles. The second-order valence-corrected chi connectivity index (χ2v) is 3.06. The Morgan fingerprint density at radius 2 is 2.17 bits per heavy atom. The number of nitro groups is 1. The van der Waals surface area contributed by atoms with Crippen molar-refractivity contribution in [2.45, 2.75) is 10.6 Å². The minimum absolute atomic E-state index is 0.0810. The van der Waals surface area contributed by atoms with Crippen LogP contribution in [0.25, 0.3) is 0 Å². The van der Waals surface area contributed by atoms with Gasteiger partial charge in [-0.15, -0.1) is 12.6 Å². The van der Waals surface area contributed by atoms with Gasteiger partial charge in [-0.3, -0.25) is 10.1 Å². The number of nitrogens with zero attached hydrogens (tertiary/aromatic N) is 1. The Morgan fingerprint density at radius 1 is 1.50 bits per heavy atom. The Balaban J connectivity index is 3.21. The fourth-order valence-electron chi connectivity index (χ4n) is 0.856. The van der Waals surface area contributed by atoms with E-state index in [1.165, 1.54) is 6.07 Å². The molecular weight excluding hydrogens is 194 g/mol. The van der Waals surface area contributed by atoms with Crippen LogP contribution in [0.3, 0.4) is 0 Å². The van der Waals surface area contributed by atoms with Gasteiger partial charge in [0.05, 0.1) is 4.92 Å². The van der Waals surface area contributed by atoms with Crippen molar-refractivity contribution in [2.24, 2.45) is 0 Å². The maximum atomic E-state index is 10.5. The van der Waals surface area contributed by atoms with E-state index in [-0.39, 0.29) is 5.69 Å². The Labute approximate surface area is 80.8 Å². The number of hydrogen-bond acceptors (Lipinski definition) is 4. The topological polar surface area (TPSA) is 43.1 Å². The zero-order valence-corrected chi connectivity index (χ0v) is 7.89. The molecule has 0 aliphatic carbocycles. The van der Waals surface area contributed by atoms with Crippen molar-refractivity contribution in [3.8, 4) is 0 Å². The average molecular weight is 201 g/mol. The SMILES string of the molecule is O=[N+]([O-])c1cc(S)ccc1CS. The largest absolute Gasteiger partial charge is 0.274 e. The van der Waals surface area contributed by atoms with Crippen molar-refractivity contribution in [1.82, 2.24) is 0 Å². The van der Waals surface area contributed by atoms with Crippen LogP contribution < -0.4 is 0 Å². The highest BCUT2D eigenvalue weighted by Gasteiger charge is 2.11. The average Bonchev–Trinajstić information content (AvgIpc) is 2.04. The lowest BCUT2D eigenvalue weighted by molar-refractivity contribution is -0.385. The van der Waals surface area contributed by atoms with Gasteiger partial charge in [-0.1, -0.05) is 6.07 Å². The van der Waals surface area contributed by atoms with Crippen molar-refractivity contribution < 1.29 is 4.92 Å². The van der Waals surface area contributed by atoms with Crippen LogP contribution in [0.2, 0.25) is 0 Å². The van der Waals surface area contributed by atoms with E-state index in [0.29, 0.717) is 16.2 Å². The molecule has 64 valence electrons. The normalized spacial score (nSPS) is 9.83. The molecule has 0 saturated carbocycles. The monoisotopic (exact) mass is 201 g/mol. The summed E-state index contributed by atoms with van der Waals surface area (Å²) in [6.07, 6.45) is 0. The van der Waals surface area contributed by atoms with Crippen molar-refractivity contribution in [3.63, 3.8) is 0 Å². The smallest absolute Gasteiger partial charge is 0.258 e. The molecule has 0 amide bonds.